The Hall–Kier alpha value is -0.960. The quantitative estimate of drug-likeness (QED) is 0.630. The van der Waals surface area contributed by atoms with Crippen LogP contribution in [0.4, 0.5) is 4.79 Å². The van der Waals surface area contributed by atoms with Gasteiger partial charge in [-0.25, -0.2) is 4.79 Å². The van der Waals surface area contributed by atoms with Gasteiger partial charge < -0.3 is 9.64 Å². The lowest BCUT2D eigenvalue weighted by Crippen LogP contribution is -2.41. The van der Waals surface area contributed by atoms with Crippen molar-refractivity contribution in [3.63, 3.8) is 0 Å². The first-order chi connectivity index (χ1) is 8.35. The number of rotatable bonds is 0. The van der Waals surface area contributed by atoms with Gasteiger partial charge in [-0.15, -0.1) is 11.6 Å². The van der Waals surface area contributed by atoms with Crippen molar-refractivity contribution in [1.29, 1.82) is 0 Å². The number of carbonyl (C=O) groups excluding carboxylic acids is 1. The number of hydrogen-bond acceptors (Lipinski definition) is 2. The predicted molar refractivity (Wildman–Crippen MR) is 72.8 cm³/mol. The van der Waals surface area contributed by atoms with Crippen molar-refractivity contribution in [3.8, 4) is 0 Å². The summed E-state index contributed by atoms with van der Waals surface area (Å²) in [4.78, 5) is 13.7. The summed E-state index contributed by atoms with van der Waals surface area (Å²) in [6.07, 6.45) is 5.81. The molecule has 1 amide bonds. The lowest BCUT2D eigenvalue weighted by molar-refractivity contribution is 0.0258. The third-order valence-electron chi connectivity index (χ3n) is 3.05. The first-order valence-electron chi connectivity index (χ1n) is 6.37. The molecule has 3 nitrogen and oxygen atoms in total. The highest BCUT2D eigenvalue weighted by Gasteiger charge is 2.28. The summed E-state index contributed by atoms with van der Waals surface area (Å²) in [5, 5.41) is 0.0577. The zero-order valence-corrected chi connectivity index (χ0v) is 12.0. The van der Waals surface area contributed by atoms with E-state index in [1.54, 1.807) is 4.90 Å². The van der Waals surface area contributed by atoms with Gasteiger partial charge in [-0.05, 0) is 44.8 Å². The number of hydrogen-bond donors (Lipinski definition) is 0. The Kier molecular flexibility index (Phi) is 3.71. The van der Waals surface area contributed by atoms with Crippen molar-refractivity contribution in [2.45, 2.75) is 44.6 Å². The summed E-state index contributed by atoms with van der Waals surface area (Å²) >= 11 is 6.11. The summed E-state index contributed by atoms with van der Waals surface area (Å²) in [7, 11) is 0. The Bertz CT molecular complexity index is 407. The molecule has 0 bridgehead atoms. The maximum absolute atomic E-state index is 12.0. The molecule has 4 heteroatoms. The van der Waals surface area contributed by atoms with Crippen LogP contribution >= 0.6 is 11.6 Å². The minimum atomic E-state index is -0.441. The second kappa shape index (κ2) is 4.96. The molecule has 1 aliphatic carbocycles. The van der Waals surface area contributed by atoms with E-state index in [0.29, 0.717) is 6.54 Å². The molecule has 0 spiro atoms. The third-order valence-corrected chi connectivity index (χ3v) is 3.35. The fourth-order valence-corrected chi connectivity index (χ4v) is 2.46. The molecule has 0 aromatic carbocycles. The second-order valence-electron chi connectivity index (χ2n) is 5.82. The van der Waals surface area contributed by atoms with E-state index >= 15 is 0 Å². The maximum Gasteiger partial charge on any atom is 0.410 e. The zero-order chi connectivity index (χ0) is 13.3. The highest BCUT2D eigenvalue weighted by atomic mass is 35.5. The van der Waals surface area contributed by atoms with Gasteiger partial charge in [-0.1, -0.05) is 12.2 Å². The van der Waals surface area contributed by atoms with Crippen LogP contribution in [0.2, 0.25) is 0 Å². The van der Waals surface area contributed by atoms with Gasteiger partial charge in [0.15, 0.2) is 0 Å². The van der Waals surface area contributed by atoms with Gasteiger partial charge in [0.2, 0.25) is 0 Å². The van der Waals surface area contributed by atoms with Crippen LogP contribution in [0, 0.1) is 0 Å². The predicted octanol–water partition coefficient (Wildman–Crippen LogP) is 3.49. The standard InChI is InChI=1S/C14H20ClNO2/c1-14(2,3)18-13(17)16-7-6-10-4-5-12(15)8-11(10)9-16/h4,8,12H,5-7,9H2,1-3H3. The van der Waals surface area contributed by atoms with Gasteiger partial charge in [-0.2, -0.15) is 0 Å². The van der Waals surface area contributed by atoms with Gasteiger partial charge >= 0.3 is 6.09 Å². The largest absolute Gasteiger partial charge is 0.444 e. The van der Waals surface area contributed by atoms with Crippen molar-refractivity contribution in [3.05, 3.63) is 23.3 Å². The van der Waals surface area contributed by atoms with Gasteiger partial charge in [0.25, 0.3) is 0 Å². The van der Waals surface area contributed by atoms with E-state index in [1.165, 1.54) is 11.1 Å². The van der Waals surface area contributed by atoms with Crippen LogP contribution in [0.3, 0.4) is 0 Å². The van der Waals surface area contributed by atoms with Crippen LogP contribution in [0.5, 0.6) is 0 Å². The molecule has 1 saturated heterocycles. The van der Waals surface area contributed by atoms with E-state index in [0.717, 1.165) is 19.4 Å². The first-order valence-corrected chi connectivity index (χ1v) is 6.81. The van der Waals surface area contributed by atoms with Crippen LogP contribution in [-0.4, -0.2) is 35.1 Å². The highest BCUT2D eigenvalue weighted by Crippen LogP contribution is 2.29. The number of piperidine rings is 1. The molecular weight excluding hydrogens is 250 g/mol. The highest BCUT2D eigenvalue weighted by molar-refractivity contribution is 6.22. The van der Waals surface area contributed by atoms with Crippen LogP contribution in [-0.2, 0) is 4.74 Å². The number of alkyl halides is 1. The summed E-state index contributed by atoms with van der Waals surface area (Å²) in [6.45, 7) is 6.99. The first kappa shape index (κ1) is 13.5. The zero-order valence-electron chi connectivity index (χ0n) is 11.2. The number of ether oxygens (including phenoxy) is 1. The summed E-state index contributed by atoms with van der Waals surface area (Å²) < 4.78 is 5.39. The minimum absolute atomic E-state index is 0.0577. The average molecular weight is 270 g/mol. The van der Waals surface area contributed by atoms with Crippen molar-refractivity contribution < 1.29 is 9.53 Å². The molecule has 1 aliphatic heterocycles. The number of allylic oxidation sites excluding steroid dienone is 2. The van der Waals surface area contributed by atoms with E-state index in [1.807, 2.05) is 20.8 Å². The van der Waals surface area contributed by atoms with Crippen LogP contribution < -0.4 is 0 Å². The van der Waals surface area contributed by atoms with Crippen LogP contribution in [0.15, 0.2) is 23.3 Å². The summed E-state index contributed by atoms with van der Waals surface area (Å²) in [5.74, 6) is 0. The van der Waals surface area contributed by atoms with Gasteiger partial charge in [0.05, 0.1) is 5.38 Å². The Labute approximate surface area is 113 Å². The molecule has 18 heavy (non-hydrogen) atoms. The van der Waals surface area contributed by atoms with Gasteiger partial charge in [0.1, 0.15) is 5.60 Å². The number of carbonyl (C=O) groups is 1. The topological polar surface area (TPSA) is 29.5 Å². The molecule has 2 aliphatic rings. The molecule has 0 aromatic heterocycles. The maximum atomic E-state index is 12.0. The molecule has 1 heterocycles. The van der Waals surface area contributed by atoms with Crippen molar-refractivity contribution in [1.82, 2.24) is 4.90 Å². The molecule has 0 saturated carbocycles. The fraction of sp³-hybridized carbons (Fsp3) is 0.643. The monoisotopic (exact) mass is 269 g/mol. The van der Waals surface area contributed by atoms with E-state index in [2.05, 4.69) is 12.2 Å². The van der Waals surface area contributed by atoms with E-state index < -0.39 is 5.60 Å². The Morgan fingerprint density at radius 1 is 1.44 bits per heavy atom. The molecular formula is C14H20ClNO2. The van der Waals surface area contributed by atoms with E-state index in [-0.39, 0.29) is 11.5 Å². The van der Waals surface area contributed by atoms with Gasteiger partial charge in [-0.3, -0.25) is 0 Å². The normalized spacial score (nSPS) is 24.0. The number of fused-ring (bicyclic) bond motifs is 1. The lowest BCUT2D eigenvalue weighted by atomic mass is 9.92. The number of likely N-dealkylation sites (tertiary alicyclic amines) is 1. The second-order valence-corrected chi connectivity index (χ2v) is 6.39. The van der Waals surface area contributed by atoms with E-state index in [9.17, 15) is 4.79 Å². The molecule has 2 rings (SSSR count). The molecule has 0 N–H and O–H groups in total. The molecule has 100 valence electrons. The third kappa shape index (κ3) is 3.29. The molecule has 0 radical (unpaired) electrons. The van der Waals surface area contributed by atoms with Crippen molar-refractivity contribution in [2.75, 3.05) is 13.1 Å². The smallest absolute Gasteiger partial charge is 0.410 e. The average Bonchev–Trinajstić information content (AvgIpc) is 2.25. The van der Waals surface area contributed by atoms with Crippen LogP contribution in [0.1, 0.15) is 33.6 Å². The molecule has 1 unspecified atom stereocenters. The summed E-state index contributed by atoms with van der Waals surface area (Å²) in [6, 6.07) is 0. The molecule has 1 fully saturated rings. The fourth-order valence-electron chi connectivity index (χ4n) is 2.22. The molecule has 1 atom stereocenters. The summed E-state index contributed by atoms with van der Waals surface area (Å²) in [5.41, 5.74) is 2.08. The van der Waals surface area contributed by atoms with Gasteiger partial charge in [0, 0.05) is 13.1 Å². The van der Waals surface area contributed by atoms with Crippen molar-refractivity contribution >= 4 is 17.7 Å². The SMILES string of the molecule is CC(C)(C)OC(=O)N1CCC2=CCC(Cl)C=C2C1. The number of halogens is 1. The Morgan fingerprint density at radius 2 is 2.17 bits per heavy atom. The lowest BCUT2D eigenvalue weighted by Gasteiger charge is -2.34. The van der Waals surface area contributed by atoms with Crippen molar-refractivity contribution in [2.24, 2.45) is 0 Å². The number of amides is 1. The Morgan fingerprint density at radius 3 is 2.83 bits per heavy atom. The van der Waals surface area contributed by atoms with Crippen LogP contribution in [0.25, 0.3) is 0 Å². The Balaban J connectivity index is 2.02. The minimum Gasteiger partial charge on any atom is -0.444 e. The van der Waals surface area contributed by atoms with E-state index in [4.69, 9.17) is 16.3 Å². The molecule has 0 aromatic rings. The number of nitrogens with zero attached hydrogens (tertiary/aromatic N) is 1.